The Morgan fingerprint density at radius 3 is 1.68 bits per heavy atom. The summed E-state index contributed by atoms with van der Waals surface area (Å²) in [6, 6.07) is 28.0. The highest BCUT2D eigenvalue weighted by Gasteiger charge is 2.12. The lowest BCUT2D eigenvalue weighted by Crippen LogP contribution is -2.21. The number of anilines is 3. The zero-order valence-corrected chi connectivity index (χ0v) is 13.8. The minimum Gasteiger partial charge on any atom is -0.491 e. The molecule has 0 heterocycles. The van der Waals surface area contributed by atoms with Gasteiger partial charge in [-0.05, 0) is 48.5 Å². The van der Waals surface area contributed by atoms with Gasteiger partial charge in [0.1, 0.15) is 18.5 Å². The Bertz CT molecular complexity index is 721. The molecule has 4 nitrogen and oxygen atoms in total. The molecule has 0 radical (unpaired) electrons. The molecule has 25 heavy (non-hydrogen) atoms. The quantitative estimate of drug-likeness (QED) is 0.688. The maximum absolute atomic E-state index is 9.38. The lowest BCUT2D eigenvalue weighted by atomic mass is 10.2. The van der Waals surface area contributed by atoms with Gasteiger partial charge in [0.25, 0.3) is 0 Å². The lowest BCUT2D eigenvalue weighted by Gasteiger charge is -2.25. The molecule has 3 rings (SSSR count). The molecule has 4 heteroatoms. The van der Waals surface area contributed by atoms with Crippen LogP contribution in [0.5, 0.6) is 5.75 Å². The minimum absolute atomic E-state index is 0.0664. The summed E-state index contributed by atoms with van der Waals surface area (Å²) in [6.45, 7) is -0.245. The molecule has 1 unspecified atom stereocenters. The summed E-state index contributed by atoms with van der Waals surface area (Å²) in [6.07, 6.45) is -0.871. The van der Waals surface area contributed by atoms with Crippen molar-refractivity contribution in [2.24, 2.45) is 0 Å². The van der Waals surface area contributed by atoms with Crippen LogP contribution in [0.25, 0.3) is 0 Å². The Balaban J connectivity index is 1.87. The largest absolute Gasteiger partial charge is 0.491 e. The summed E-state index contributed by atoms with van der Waals surface area (Å²) in [5.74, 6) is 0.650. The van der Waals surface area contributed by atoms with Gasteiger partial charge >= 0.3 is 0 Å². The molecule has 0 aliphatic rings. The van der Waals surface area contributed by atoms with Crippen LogP contribution in [0.4, 0.5) is 17.1 Å². The first-order valence-electron chi connectivity index (χ1n) is 8.20. The van der Waals surface area contributed by atoms with Crippen LogP contribution >= 0.6 is 0 Å². The smallest absolute Gasteiger partial charge is 0.119 e. The number of aliphatic hydroxyl groups excluding tert-OH is 2. The zero-order valence-electron chi connectivity index (χ0n) is 13.8. The first-order valence-corrected chi connectivity index (χ1v) is 8.20. The predicted octanol–water partition coefficient (Wildman–Crippen LogP) is 3.89. The fourth-order valence-electron chi connectivity index (χ4n) is 2.54. The molecule has 0 aromatic heterocycles. The molecule has 0 aliphatic heterocycles. The van der Waals surface area contributed by atoms with Crippen LogP contribution in [-0.2, 0) is 0 Å². The second-order valence-corrected chi connectivity index (χ2v) is 5.65. The summed E-state index contributed by atoms with van der Waals surface area (Å²) in [5, 5.41) is 18.2. The van der Waals surface area contributed by atoms with Crippen LogP contribution in [0.15, 0.2) is 84.9 Å². The third-order valence-corrected chi connectivity index (χ3v) is 3.78. The second kappa shape index (κ2) is 8.33. The Labute approximate surface area is 147 Å². The Morgan fingerprint density at radius 1 is 0.720 bits per heavy atom. The number of benzene rings is 3. The van der Waals surface area contributed by atoms with Gasteiger partial charge in [-0.2, -0.15) is 0 Å². The van der Waals surface area contributed by atoms with Crippen molar-refractivity contribution in [3.63, 3.8) is 0 Å². The number of para-hydroxylation sites is 2. The molecular weight excluding hydrogens is 314 g/mol. The summed E-state index contributed by atoms with van der Waals surface area (Å²) < 4.78 is 5.48. The third kappa shape index (κ3) is 4.38. The highest BCUT2D eigenvalue weighted by atomic mass is 16.5. The van der Waals surface area contributed by atoms with E-state index in [9.17, 15) is 5.11 Å². The van der Waals surface area contributed by atoms with Crippen LogP contribution in [0.1, 0.15) is 0 Å². The number of aliphatic hydroxyl groups is 2. The Morgan fingerprint density at radius 2 is 1.20 bits per heavy atom. The maximum Gasteiger partial charge on any atom is 0.119 e. The van der Waals surface area contributed by atoms with E-state index in [2.05, 4.69) is 29.2 Å². The standard InChI is InChI=1S/C21H21NO3/c23-15-20(24)16-25-21-13-11-19(12-14-21)22(17-7-3-1-4-8-17)18-9-5-2-6-10-18/h1-14,20,23-24H,15-16H2. The average molecular weight is 335 g/mol. The summed E-state index contributed by atoms with van der Waals surface area (Å²) in [7, 11) is 0. The van der Waals surface area contributed by atoms with Crippen molar-refractivity contribution < 1.29 is 14.9 Å². The van der Waals surface area contributed by atoms with E-state index < -0.39 is 6.10 Å². The predicted molar refractivity (Wildman–Crippen MR) is 99.7 cm³/mol. The summed E-state index contributed by atoms with van der Waals surface area (Å²) in [4.78, 5) is 2.16. The van der Waals surface area contributed by atoms with Gasteiger partial charge in [0.15, 0.2) is 0 Å². The highest BCUT2D eigenvalue weighted by molar-refractivity contribution is 5.76. The molecule has 0 saturated carbocycles. The van der Waals surface area contributed by atoms with Crippen LogP contribution < -0.4 is 9.64 Å². The molecule has 0 bridgehead atoms. The van der Waals surface area contributed by atoms with Crippen molar-refractivity contribution in [2.75, 3.05) is 18.1 Å². The first kappa shape index (κ1) is 17.0. The van der Waals surface area contributed by atoms with Crippen molar-refractivity contribution in [3.8, 4) is 5.75 Å². The summed E-state index contributed by atoms with van der Waals surface area (Å²) in [5.41, 5.74) is 3.14. The van der Waals surface area contributed by atoms with Gasteiger partial charge in [-0.15, -0.1) is 0 Å². The molecule has 3 aromatic rings. The van der Waals surface area contributed by atoms with Crippen molar-refractivity contribution in [1.82, 2.24) is 0 Å². The molecule has 0 fully saturated rings. The zero-order chi connectivity index (χ0) is 17.5. The molecule has 0 spiro atoms. The van der Waals surface area contributed by atoms with E-state index in [0.29, 0.717) is 5.75 Å². The van der Waals surface area contributed by atoms with Crippen LogP contribution in [0, 0.1) is 0 Å². The van der Waals surface area contributed by atoms with Crippen molar-refractivity contribution in [2.45, 2.75) is 6.10 Å². The highest BCUT2D eigenvalue weighted by Crippen LogP contribution is 2.34. The van der Waals surface area contributed by atoms with Crippen LogP contribution in [0.3, 0.4) is 0 Å². The van der Waals surface area contributed by atoms with E-state index in [0.717, 1.165) is 17.1 Å². The fraction of sp³-hybridized carbons (Fsp3) is 0.143. The van der Waals surface area contributed by atoms with Crippen molar-refractivity contribution >= 4 is 17.1 Å². The molecule has 0 aliphatic carbocycles. The third-order valence-electron chi connectivity index (χ3n) is 3.78. The van der Waals surface area contributed by atoms with E-state index in [-0.39, 0.29) is 13.2 Å². The number of rotatable bonds is 7. The first-order chi connectivity index (χ1) is 12.3. The molecule has 0 amide bonds. The lowest BCUT2D eigenvalue weighted by molar-refractivity contribution is 0.0536. The second-order valence-electron chi connectivity index (χ2n) is 5.65. The van der Waals surface area contributed by atoms with Crippen LogP contribution in [-0.4, -0.2) is 29.5 Å². The average Bonchev–Trinajstić information content (AvgIpc) is 2.69. The fourth-order valence-corrected chi connectivity index (χ4v) is 2.54. The summed E-state index contributed by atoms with van der Waals surface area (Å²) >= 11 is 0. The molecule has 0 saturated heterocycles. The Hall–Kier alpha value is -2.82. The monoisotopic (exact) mass is 335 g/mol. The molecule has 128 valence electrons. The topological polar surface area (TPSA) is 52.9 Å². The Kier molecular flexibility index (Phi) is 5.67. The van der Waals surface area contributed by atoms with Gasteiger partial charge in [0.05, 0.1) is 6.61 Å². The molecule has 2 N–H and O–H groups in total. The number of nitrogens with zero attached hydrogens (tertiary/aromatic N) is 1. The maximum atomic E-state index is 9.38. The van der Waals surface area contributed by atoms with Gasteiger partial charge in [0, 0.05) is 17.1 Å². The van der Waals surface area contributed by atoms with Gasteiger partial charge in [-0.1, -0.05) is 36.4 Å². The van der Waals surface area contributed by atoms with E-state index in [1.807, 2.05) is 60.7 Å². The normalized spacial score (nSPS) is 11.8. The molecule has 1 atom stereocenters. The van der Waals surface area contributed by atoms with E-state index >= 15 is 0 Å². The SMILES string of the molecule is OCC(O)COc1ccc(N(c2ccccc2)c2ccccc2)cc1. The van der Waals surface area contributed by atoms with Gasteiger partial charge in [0.2, 0.25) is 0 Å². The molecule has 3 aromatic carbocycles. The van der Waals surface area contributed by atoms with Gasteiger partial charge < -0.3 is 19.8 Å². The van der Waals surface area contributed by atoms with E-state index in [1.54, 1.807) is 0 Å². The number of hydrogen-bond donors (Lipinski definition) is 2. The van der Waals surface area contributed by atoms with E-state index in [4.69, 9.17) is 9.84 Å². The number of ether oxygens (including phenoxy) is 1. The molecular formula is C21H21NO3. The minimum atomic E-state index is -0.871. The van der Waals surface area contributed by atoms with Crippen molar-refractivity contribution in [1.29, 1.82) is 0 Å². The van der Waals surface area contributed by atoms with Crippen LogP contribution in [0.2, 0.25) is 0 Å². The van der Waals surface area contributed by atoms with Crippen molar-refractivity contribution in [3.05, 3.63) is 84.9 Å². The van der Waals surface area contributed by atoms with Gasteiger partial charge in [-0.3, -0.25) is 0 Å². The van der Waals surface area contributed by atoms with Gasteiger partial charge in [-0.25, -0.2) is 0 Å². The van der Waals surface area contributed by atoms with E-state index in [1.165, 1.54) is 0 Å². The number of hydrogen-bond acceptors (Lipinski definition) is 4.